The van der Waals surface area contributed by atoms with Gasteiger partial charge in [-0.05, 0) is 76.7 Å². The molecule has 4 fully saturated rings. The van der Waals surface area contributed by atoms with Gasteiger partial charge in [0.15, 0.2) is 0 Å². The lowest BCUT2D eigenvalue weighted by Gasteiger charge is -2.59. The molecule has 0 aliphatic heterocycles. The minimum atomic E-state index is -0.371. The number of carbonyl (C=O) groups excluding carboxylic acids is 2. The van der Waals surface area contributed by atoms with Crippen molar-refractivity contribution in [2.75, 3.05) is 11.9 Å². The molecule has 6 heteroatoms. The average Bonchev–Trinajstić information content (AvgIpc) is 2.79. The van der Waals surface area contributed by atoms with Crippen molar-refractivity contribution in [1.29, 1.82) is 0 Å². The van der Waals surface area contributed by atoms with Crippen LogP contribution in [0.25, 0.3) is 0 Å². The highest BCUT2D eigenvalue weighted by atomic mass is 35.5. The van der Waals surface area contributed by atoms with Crippen LogP contribution in [0.4, 0.5) is 5.00 Å². The van der Waals surface area contributed by atoms with Gasteiger partial charge < -0.3 is 10.1 Å². The summed E-state index contributed by atoms with van der Waals surface area (Å²) in [5.74, 6) is 0.819. The van der Waals surface area contributed by atoms with Crippen molar-refractivity contribution >= 4 is 39.8 Å². The summed E-state index contributed by atoms with van der Waals surface area (Å²) in [5, 5.41) is 3.73. The molecule has 142 valence electrons. The fourth-order valence-corrected chi connectivity index (χ4v) is 7.55. The maximum Gasteiger partial charge on any atom is 0.341 e. The van der Waals surface area contributed by atoms with Crippen molar-refractivity contribution in [3.63, 3.8) is 0 Å². The number of rotatable bonds is 4. The molecule has 2 unspecified atom stereocenters. The Morgan fingerprint density at radius 3 is 2.46 bits per heavy atom. The molecule has 4 bridgehead atoms. The Morgan fingerprint density at radius 2 is 1.88 bits per heavy atom. The zero-order valence-electron chi connectivity index (χ0n) is 15.6. The average molecular weight is 396 g/mol. The number of halogens is 1. The summed E-state index contributed by atoms with van der Waals surface area (Å²) in [4.78, 5) is 26.6. The lowest BCUT2D eigenvalue weighted by Crippen LogP contribution is -2.57. The fraction of sp³-hybridized carbons (Fsp3) is 0.700. The van der Waals surface area contributed by atoms with E-state index in [4.69, 9.17) is 16.3 Å². The summed E-state index contributed by atoms with van der Waals surface area (Å²) >= 11 is 8.33. The predicted molar refractivity (Wildman–Crippen MR) is 104 cm³/mol. The molecule has 5 rings (SSSR count). The summed E-state index contributed by atoms with van der Waals surface area (Å²) in [6.07, 6.45) is 5.94. The van der Waals surface area contributed by atoms with Gasteiger partial charge in [-0.25, -0.2) is 4.79 Å². The Morgan fingerprint density at radius 1 is 1.23 bits per heavy atom. The van der Waals surface area contributed by atoms with Crippen LogP contribution in [0.1, 0.15) is 66.2 Å². The molecular formula is C20H26ClNO3S. The molecule has 1 amide bonds. The minimum absolute atomic E-state index is 0.0448. The van der Waals surface area contributed by atoms with Gasteiger partial charge in [-0.1, -0.05) is 0 Å². The smallest absolute Gasteiger partial charge is 0.341 e. The van der Waals surface area contributed by atoms with Gasteiger partial charge in [0.25, 0.3) is 0 Å². The van der Waals surface area contributed by atoms with Crippen LogP contribution in [0.2, 0.25) is 0 Å². The molecule has 4 nitrogen and oxygen atoms in total. The van der Waals surface area contributed by atoms with E-state index in [1.165, 1.54) is 17.8 Å². The highest BCUT2D eigenvalue weighted by Gasteiger charge is 2.60. The number of carbonyl (C=O) groups is 2. The second-order valence-electron chi connectivity index (χ2n) is 8.55. The van der Waals surface area contributed by atoms with E-state index in [1.807, 2.05) is 13.8 Å². The van der Waals surface area contributed by atoms with E-state index in [0.29, 0.717) is 29.0 Å². The number of hydrogen-bond acceptors (Lipinski definition) is 4. The van der Waals surface area contributed by atoms with Crippen molar-refractivity contribution in [3.8, 4) is 0 Å². The predicted octanol–water partition coefficient (Wildman–Crippen LogP) is 5.06. The largest absolute Gasteiger partial charge is 0.462 e. The lowest BCUT2D eigenvalue weighted by atomic mass is 9.49. The number of alkyl halides is 1. The van der Waals surface area contributed by atoms with Gasteiger partial charge in [-0.2, -0.15) is 0 Å². The van der Waals surface area contributed by atoms with Crippen LogP contribution < -0.4 is 5.32 Å². The summed E-state index contributed by atoms with van der Waals surface area (Å²) in [6.45, 7) is 5.99. The van der Waals surface area contributed by atoms with Gasteiger partial charge in [0, 0.05) is 9.75 Å². The van der Waals surface area contributed by atoms with Gasteiger partial charge >= 0.3 is 5.97 Å². The van der Waals surface area contributed by atoms with Gasteiger partial charge in [0.2, 0.25) is 5.91 Å². The molecule has 2 atom stereocenters. The van der Waals surface area contributed by atoms with E-state index in [1.54, 1.807) is 6.92 Å². The quantitative estimate of drug-likeness (QED) is 0.572. The van der Waals surface area contributed by atoms with E-state index in [9.17, 15) is 9.59 Å². The van der Waals surface area contributed by atoms with Crippen molar-refractivity contribution in [2.45, 2.75) is 64.2 Å². The monoisotopic (exact) mass is 395 g/mol. The van der Waals surface area contributed by atoms with Crippen LogP contribution in [-0.2, 0) is 9.53 Å². The van der Waals surface area contributed by atoms with Crippen molar-refractivity contribution in [2.24, 2.45) is 17.3 Å². The van der Waals surface area contributed by atoms with E-state index >= 15 is 0 Å². The first-order valence-corrected chi connectivity index (χ1v) is 10.7. The molecule has 1 heterocycles. The molecule has 0 saturated heterocycles. The first-order valence-electron chi connectivity index (χ1n) is 9.53. The zero-order chi connectivity index (χ0) is 18.7. The Bertz CT molecular complexity index is 757. The molecule has 26 heavy (non-hydrogen) atoms. The maximum absolute atomic E-state index is 13.3. The van der Waals surface area contributed by atoms with Crippen LogP contribution in [0, 0.1) is 31.1 Å². The number of thiophene rings is 1. The van der Waals surface area contributed by atoms with Gasteiger partial charge in [-0.15, -0.1) is 22.9 Å². The van der Waals surface area contributed by atoms with Gasteiger partial charge in [-0.3, -0.25) is 4.79 Å². The third-order valence-corrected chi connectivity index (χ3v) is 8.13. The standard InChI is InChI=1S/C20H26ClNO3S/c1-4-25-17(23)15-11(2)12(3)26-16(15)22-18(24)19-6-13-5-14(7-19)9-20(21,8-13)10-19/h13-14H,4-10H2,1-3H3,(H,22,24). The van der Waals surface area contributed by atoms with E-state index in [2.05, 4.69) is 5.32 Å². The molecular weight excluding hydrogens is 370 g/mol. The number of esters is 1. The molecule has 0 radical (unpaired) electrons. The first-order chi connectivity index (χ1) is 12.3. The van der Waals surface area contributed by atoms with Crippen LogP contribution >= 0.6 is 22.9 Å². The second-order valence-corrected chi connectivity index (χ2v) is 10.6. The molecule has 4 aliphatic carbocycles. The Hall–Kier alpha value is -1.07. The van der Waals surface area contributed by atoms with Crippen LogP contribution in [-0.4, -0.2) is 23.4 Å². The number of nitrogens with one attached hydrogen (secondary N) is 1. The molecule has 4 saturated carbocycles. The summed E-state index contributed by atoms with van der Waals surface area (Å²) in [7, 11) is 0. The Kier molecular flexibility index (Phi) is 4.39. The number of anilines is 1. The van der Waals surface area contributed by atoms with Gasteiger partial charge in [0.05, 0.1) is 17.6 Å². The lowest BCUT2D eigenvalue weighted by molar-refractivity contribution is -0.138. The van der Waals surface area contributed by atoms with Crippen LogP contribution in [0.3, 0.4) is 0 Å². The molecule has 0 aromatic carbocycles. The third kappa shape index (κ3) is 2.88. The second kappa shape index (κ2) is 6.23. The summed E-state index contributed by atoms with van der Waals surface area (Å²) in [6, 6.07) is 0. The molecule has 0 spiro atoms. The van der Waals surface area contributed by atoms with Crippen LogP contribution in [0.15, 0.2) is 0 Å². The van der Waals surface area contributed by atoms with E-state index in [-0.39, 0.29) is 22.2 Å². The number of ether oxygens (including phenoxy) is 1. The SMILES string of the molecule is CCOC(=O)c1c(NC(=O)C23CC4CC(CC(Cl)(C4)C2)C3)sc(C)c1C. The fourth-order valence-electron chi connectivity index (χ4n) is 5.82. The topological polar surface area (TPSA) is 55.4 Å². The van der Waals surface area contributed by atoms with Crippen molar-refractivity contribution in [1.82, 2.24) is 0 Å². The van der Waals surface area contributed by atoms with Crippen molar-refractivity contribution in [3.05, 3.63) is 16.0 Å². The zero-order valence-corrected chi connectivity index (χ0v) is 17.2. The summed E-state index contributed by atoms with van der Waals surface area (Å²) < 4.78 is 5.20. The Balaban J connectivity index is 1.61. The number of amides is 1. The van der Waals surface area contributed by atoms with E-state index in [0.717, 1.165) is 42.5 Å². The maximum atomic E-state index is 13.3. The molecule has 1 aromatic rings. The third-order valence-electron chi connectivity index (χ3n) is 6.56. The van der Waals surface area contributed by atoms with Crippen molar-refractivity contribution < 1.29 is 14.3 Å². The molecule has 1 N–H and O–H groups in total. The number of hydrogen-bond donors (Lipinski definition) is 1. The first kappa shape index (κ1) is 18.3. The van der Waals surface area contributed by atoms with E-state index < -0.39 is 0 Å². The normalized spacial score (nSPS) is 34.8. The van der Waals surface area contributed by atoms with Gasteiger partial charge in [0.1, 0.15) is 5.00 Å². The molecule has 1 aromatic heterocycles. The Labute approximate surface area is 163 Å². The van der Waals surface area contributed by atoms with Crippen LogP contribution in [0.5, 0.6) is 0 Å². The highest BCUT2D eigenvalue weighted by Crippen LogP contribution is 2.64. The number of aryl methyl sites for hydroxylation is 1. The highest BCUT2D eigenvalue weighted by molar-refractivity contribution is 7.16. The minimum Gasteiger partial charge on any atom is -0.462 e. The molecule has 4 aliphatic rings. The summed E-state index contributed by atoms with van der Waals surface area (Å²) in [5.41, 5.74) is 1.03.